The summed E-state index contributed by atoms with van der Waals surface area (Å²) in [6.07, 6.45) is 6.36. The summed E-state index contributed by atoms with van der Waals surface area (Å²) in [5.74, 6) is 2.34. The van der Waals surface area contributed by atoms with E-state index in [0.29, 0.717) is 5.56 Å². The topological polar surface area (TPSA) is 75.1 Å². The molecule has 1 amide bonds. The number of nitrogens with zero attached hydrogens (tertiary/aromatic N) is 4. The Hall–Kier alpha value is -4.13. The number of hydrogen-bond acceptors (Lipinski definition) is 5. The Morgan fingerprint density at radius 3 is 2.24 bits per heavy atom. The number of aromatic nitrogens is 3. The van der Waals surface area contributed by atoms with Crippen LogP contribution >= 0.6 is 0 Å². The average Bonchev–Trinajstić information content (AvgIpc) is 3.55. The minimum atomic E-state index is -0.142. The fourth-order valence-corrected chi connectivity index (χ4v) is 4.00. The highest BCUT2D eigenvalue weighted by atomic mass is 16.1. The van der Waals surface area contributed by atoms with E-state index in [1.807, 2.05) is 90.6 Å². The third kappa shape index (κ3) is 4.87. The van der Waals surface area contributed by atoms with Crippen molar-refractivity contribution < 1.29 is 4.79 Å². The lowest BCUT2D eigenvalue weighted by molar-refractivity contribution is 0.102. The highest BCUT2D eigenvalue weighted by Crippen LogP contribution is 2.24. The summed E-state index contributed by atoms with van der Waals surface area (Å²) in [7, 11) is 0. The van der Waals surface area contributed by atoms with E-state index in [9.17, 15) is 4.79 Å². The molecule has 1 aliphatic heterocycles. The van der Waals surface area contributed by atoms with Crippen molar-refractivity contribution in [1.29, 1.82) is 0 Å². The molecule has 0 spiro atoms. The van der Waals surface area contributed by atoms with E-state index in [4.69, 9.17) is 0 Å². The van der Waals surface area contributed by atoms with E-state index in [1.165, 1.54) is 12.8 Å². The normalized spacial score (nSPS) is 13.2. The lowest BCUT2D eigenvalue weighted by atomic mass is 10.2. The van der Waals surface area contributed by atoms with E-state index in [2.05, 4.69) is 25.5 Å². The van der Waals surface area contributed by atoms with Gasteiger partial charge in [-0.3, -0.25) is 4.79 Å². The van der Waals surface area contributed by atoms with Crippen LogP contribution in [-0.2, 0) is 0 Å². The second-order valence-electron chi connectivity index (χ2n) is 8.15. The monoisotopic (exact) mass is 438 g/mol. The molecule has 1 saturated heterocycles. The molecule has 5 rings (SSSR count). The van der Waals surface area contributed by atoms with Crippen molar-refractivity contribution in [3.8, 4) is 5.69 Å². The summed E-state index contributed by atoms with van der Waals surface area (Å²) < 4.78 is 2.00. The van der Waals surface area contributed by atoms with E-state index in [-0.39, 0.29) is 5.91 Å². The van der Waals surface area contributed by atoms with E-state index < -0.39 is 0 Å². The van der Waals surface area contributed by atoms with Gasteiger partial charge in [0.05, 0.1) is 0 Å². The van der Waals surface area contributed by atoms with Gasteiger partial charge in [0.1, 0.15) is 17.5 Å². The van der Waals surface area contributed by atoms with E-state index in [1.54, 1.807) is 0 Å². The zero-order chi connectivity index (χ0) is 22.6. The zero-order valence-corrected chi connectivity index (χ0v) is 18.5. The van der Waals surface area contributed by atoms with Gasteiger partial charge in [-0.2, -0.15) is 0 Å². The average molecular weight is 439 g/mol. The van der Waals surface area contributed by atoms with Crippen LogP contribution in [0.15, 0.2) is 79.1 Å². The van der Waals surface area contributed by atoms with Gasteiger partial charge in [-0.1, -0.05) is 0 Å². The number of carbonyl (C=O) groups is 1. The third-order valence-electron chi connectivity index (χ3n) is 5.70. The quantitative estimate of drug-likeness (QED) is 0.434. The molecule has 0 radical (unpaired) electrons. The second-order valence-corrected chi connectivity index (χ2v) is 8.15. The predicted molar refractivity (Wildman–Crippen MR) is 132 cm³/mol. The van der Waals surface area contributed by atoms with Crippen LogP contribution in [0.3, 0.4) is 0 Å². The van der Waals surface area contributed by atoms with Crippen LogP contribution in [0.5, 0.6) is 0 Å². The summed E-state index contributed by atoms with van der Waals surface area (Å²) in [4.78, 5) is 24.0. The van der Waals surface area contributed by atoms with Crippen molar-refractivity contribution in [1.82, 2.24) is 14.5 Å². The number of anilines is 4. The molecule has 4 aromatic rings. The predicted octanol–water partition coefficient (Wildman–Crippen LogP) is 5.17. The highest BCUT2D eigenvalue weighted by Gasteiger charge is 2.15. The SMILES string of the molecule is Cc1nc(Nc2ccc(NC(=O)c3ccc(-n4cccc4)cc3)cc2)cc(N2CCCC2)n1. The maximum Gasteiger partial charge on any atom is 0.255 e. The van der Waals surface area contributed by atoms with Crippen LogP contribution < -0.4 is 15.5 Å². The molecule has 3 heterocycles. The molecule has 166 valence electrons. The lowest BCUT2D eigenvalue weighted by Gasteiger charge is -2.18. The Bertz CT molecular complexity index is 1230. The molecule has 1 fully saturated rings. The Kier molecular flexibility index (Phi) is 5.76. The Labute approximate surface area is 193 Å². The molecule has 7 heteroatoms. The first kappa shape index (κ1) is 20.8. The largest absolute Gasteiger partial charge is 0.356 e. The van der Waals surface area contributed by atoms with Gasteiger partial charge in [-0.05, 0) is 80.4 Å². The van der Waals surface area contributed by atoms with Gasteiger partial charge < -0.3 is 20.1 Å². The van der Waals surface area contributed by atoms with Crippen molar-refractivity contribution in [2.45, 2.75) is 19.8 Å². The second kappa shape index (κ2) is 9.16. The fraction of sp³-hybridized carbons (Fsp3) is 0.192. The Balaban J connectivity index is 1.23. The van der Waals surface area contributed by atoms with Crippen LogP contribution in [0, 0.1) is 6.92 Å². The maximum absolute atomic E-state index is 12.6. The first-order valence-electron chi connectivity index (χ1n) is 11.2. The molecule has 1 aliphatic rings. The van der Waals surface area contributed by atoms with Crippen LogP contribution in [0.2, 0.25) is 0 Å². The number of amides is 1. The molecule has 0 saturated carbocycles. The summed E-state index contributed by atoms with van der Waals surface area (Å²) in [5.41, 5.74) is 3.25. The van der Waals surface area contributed by atoms with E-state index >= 15 is 0 Å². The van der Waals surface area contributed by atoms with Gasteiger partial charge in [0.25, 0.3) is 5.91 Å². The molecule has 7 nitrogen and oxygen atoms in total. The Morgan fingerprint density at radius 1 is 0.879 bits per heavy atom. The molecular weight excluding hydrogens is 412 g/mol. The first-order chi connectivity index (χ1) is 16.1. The lowest BCUT2D eigenvalue weighted by Crippen LogP contribution is -2.19. The van der Waals surface area contributed by atoms with Crippen molar-refractivity contribution in [3.05, 3.63) is 90.5 Å². The number of nitrogens with one attached hydrogen (secondary N) is 2. The van der Waals surface area contributed by atoms with Crippen LogP contribution in [0.1, 0.15) is 29.0 Å². The molecular formula is C26H26N6O. The van der Waals surface area contributed by atoms with Crippen molar-refractivity contribution in [2.75, 3.05) is 28.6 Å². The molecule has 2 aromatic heterocycles. The molecule has 2 N–H and O–H groups in total. The minimum absolute atomic E-state index is 0.142. The molecule has 0 bridgehead atoms. The fourth-order valence-electron chi connectivity index (χ4n) is 4.00. The number of rotatable bonds is 6. The van der Waals surface area contributed by atoms with Crippen molar-refractivity contribution in [2.24, 2.45) is 0 Å². The Morgan fingerprint density at radius 2 is 1.55 bits per heavy atom. The smallest absolute Gasteiger partial charge is 0.255 e. The van der Waals surface area contributed by atoms with Gasteiger partial charge in [-0.25, -0.2) is 9.97 Å². The number of hydrogen-bond donors (Lipinski definition) is 2. The van der Waals surface area contributed by atoms with Crippen molar-refractivity contribution in [3.63, 3.8) is 0 Å². The van der Waals surface area contributed by atoms with E-state index in [0.717, 1.165) is 47.6 Å². The molecule has 0 atom stereocenters. The molecule has 0 unspecified atom stereocenters. The van der Waals surface area contributed by atoms with Gasteiger partial charge >= 0.3 is 0 Å². The maximum atomic E-state index is 12.6. The van der Waals surface area contributed by atoms with Gasteiger partial charge in [-0.15, -0.1) is 0 Å². The van der Waals surface area contributed by atoms with Crippen LogP contribution in [0.25, 0.3) is 5.69 Å². The third-order valence-corrected chi connectivity index (χ3v) is 5.70. The minimum Gasteiger partial charge on any atom is -0.356 e. The number of carbonyl (C=O) groups excluding carboxylic acids is 1. The zero-order valence-electron chi connectivity index (χ0n) is 18.5. The summed E-state index contributed by atoms with van der Waals surface area (Å²) in [5, 5.41) is 6.30. The summed E-state index contributed by atoms with van der Waals surface area (Å²) in [6.45, 7) is 3.99. The van der Waals surface area contributed by atoms with Crippen LogP contribution in [-0.4, -0.2) is 33.5 Å². The van der Waals surface area contributed by atoms with Crippen molar-refractivity contribution >= 4 is 28.9 Å². The molecule has 33 heavy (non-hydrogen) atoms. The van der Waals surface area contributed by atoms with Gasteiger partial charge in [0, 0.05) is 54.2 Å². The number of aryl methyl sites for hydroxylation is 1. The van der Waals surface area contributed by atoms with Gasteiger partial charge in [0.15, 0.2) is 0 Å². The standard InChI is InChI=1S/C26H26N6O/c1-19-27-24(18-25(28-19)32-16-4-5-17-32)29-21-8-10-22(11-9-21)30-26(33)20-6-12-23(13-7-20)31-14-2-3-15-31/h2-3,6-15,18H,4-5,16-17H2,1H3,(H,30,33)(H,27,28,29). The summed E-state index contributed by atoms with van der Waals surface area (Å²) >= 11 is 0. The van der Waals surface area contributed by atoms with Crippen LogP contribution in [0.4, 0.5) is 23.0 Å². The molecule has 0 aliphatic carbocycles. The molecule has 2 aromatic carbocycles. The van der Waals surface area contributed by atoms with Gasteiger partial charge in [0.2, 0.25) is 0 Å². The number of benzene rings is 2. The highest BCUT2D eigenvalue weighted by molar-refractivity contribution is 6.04. The summed E-state index contributed by atoms with van der Waals surface area (Å²) in [6, 6.07) is 21.1. The first-order valence-corrected chi connectivity index (χ1v) is 11.2.